The molecule has 0 aliphatic heterocycles. The van der Waals surface area contributed by atoms with Crippen LogP contribution >= 0.6 is 0 Å². The summed E-state index contributed by atoms with van der Waals surface area (Å²) in [6.07, 6.45) is 10.7. The number of hydrogen-bond acceptors (Lipinski definition) is 8. The maximum Gasteiger partial charge on any atom is 0.241 e. The molecule has 0 aromatic carbocycles. The highest BCUT2D eigenvalue weighted by molar-refractivity contribution is 5.81. The van der Waals surface area contributed by atoms with E-state index in [0.717, 1.165) is 53.8 Å². The van der Waals surface area contributed by atoms with Crippen LogP contribution in [0.4, 0.5) is 5.95 Å². The molecule has 1 atom stereocenters. The number of fused-ring (bicyclic) bond motifs is 1. The van der Waals surface area contributed by atoms with Crippen LogP contribution in [0.25, 0.3) is 16.6 Å². The third-order valence-electron chi connectivity index (χ3n) is 7.06. The quantitative estimate of drug-likeness (QED) is 0.376. The average molecular weight is 494 g/mol. The summed E-state index contributed by atoms with van der Waals surface area (Å²) in [6.45, 7) is 8.55. The van der Waals surface area contributed by atoms with Gasteiger partial charge in [0.2, 0.25) is 11.8 Å². The number of nitrogens with zero attached hydrogens (tertiary/aromatic N) is 6. The summed E-state index contributed by atoms with van der Waals surface area (Å²) < 4.78 is 15.0. The van der Waals surface area contributed by atoms with E-state index in [-0.39, 0.29) is 12.1 Å². The van der Waals surface area contributed by atoms with Crippen molar-refractivity contribution in [2.75, 3.05) is 19.0 Å². The molecule has 0 radical (unpaired) electrons. The summed E-state index contributed by atoms with van der Waals surface area (Å²) in [5.41, 5.74) is 3.51. The summed E-state index contributed by atoms with van der Waals surface area (Å²) in [5, 5.41) is 22.9. The van der Waals surface area contributed by atoms with Gasteiger partial charge in [-0.05, 0) is 59.4 Å². The summed E-state index contributed by atoms with van der Waals surface area (Å²) in [4.78, 5) is 9.03. The molecular formula is C26H35N7O3. The number of aliphatic hydroxyl groups excluding tert-OH is 1. The van der Waals surface area contributed by atoms with Gasteiger partial charge in [0.1, 0.15) is 11.3 Å². The molecule has 4 aromatic heterocycles. The fourth-order valence-corrected chi connectivity index (χ4v) is 4.99. The fraction of sp³-hybridized carbons (Fsp3) is 0.538. The minimum atomic E-state index is -0.546. The van der Waals surface area contributed by atoms with Crippen molar-refractivity contribution in [3.05, 3.63) is 48.2 Å². The highest BCUT2D eigenvalue weighted by atomic mass is 16.5. The van der Waals surface area contributed by atoms with E-state index >= 15 is 0 Å². The Morgan fingerprint density at radius 2 is 1.97 bits per heavy atom. The van der Waals surface area contributed by atoms with Gasteiger partial charge in [0.15, 0.2) is 0 Å². The number of hydrogen-bond donors (Lipinski definition) is 2. The predicted octanol–water partition coefficient (Wildman–Crippen LogP) is 4.14. The second-order valence-corrected chi connectivity index (χ2v) is 10.4. The Balaban J connectivity index is 1.54. The number of methoxy groups -OCH3 is 1. The predicted molar refractivity (Wildman–Crippen MR) is 136 cm³/mol. The number of aromatic nitrogens is 6. The van der Waals surface area contributed by atoms with Crippen LogP contribution in [-0.4, -0.2) is 60.3 Å². The molecule has 1 fully saturated rings. The number of nitrogens with one attached hydrogen (secondary N) is 1. The van der Waals surface area contributed by atoms with Crippen molar-refractivity contribution in [3.8, 4) is 11.1 Å². The first-order valence-electron chi connectivity index (χ1n) is 12.6. The first-order valence-corrected chi connectivity index (χ1v) is 12.6. The van der Waals surface area contributed by atoms with Gasteiger partial charge in [-0.3, -0.25) is 4.68 Å². The molecule has 1 aliphatic rings. The smallest absolute Gasteiger partial charge is 0.241 e. The third-order valence-corrected chi connectivity index (χ3v) is 7.06. The molecule has 36 heavy (non-hydrogen) atoms. The minimum Gasteiger partial charge on any atom is -0.443 e. The Morgan fingerprint density at radius 3 is 2.67 bits per heavy atom. The van der Waals surface area contributed by atoms with Crippen molar-refractivity contribution in [1.82, 2.24) is 29.4 Å². The summed E-state index contributed by atoms with van der Waals surface area (Å²) >= 11 is 0. The Bertz CT molecular complexity index is 1330. The van der Waals surface area contributed by atoms with Gasteiger partial charge in [0, 0.05) is 42.1 Å². The molecule has 1 aliphatic carbocycles. The molecule has 4 aromatic rings. The molecule has 2 N–H and O–H groups in total. The topological polar surface area (TPSA) is 116 Å². The highest BCUT2D eigenvalue weighted by Gasteiger charge is 2.30. The molecule has 0 bridgehead atoms. The van der Waals surface area contributed by atoms with Crippen LogP contribution in [0.3, 0.4) is 0 Å². The normalized spacial score (nSPS) is 19.6. The fourth-order valence-electron chi connectivity index (χ4n) is 4.99. The molecule has 0 unspecified atom stereocenters. The average Bonchev–Trinajstić information content (AvgIpc) is 3.58. The number of aryl methyl sites for hydroxylation is 1. The molecule has 10 nitrogen and oxygen atoms in total. The van der Waals surface area contributed by atoms with Gasteiger partial charge in [-0.2, -0.15) is 5.10 Å². The first kappa shape index (κ1) is 24.5. The highest BCUT2D eigenvalue weighted by Crippen LogP contribution is 2.38. The van der Waals surface area contributed by atoms with Gasteiger partial charge in [0.25, 0.3) is 0 Å². The number of rotatable bonds is 8. The molecule has 0 amide bonds. The standard InChI is InChI=1S/C26H35N7O3/c1-16(15-35-5)30-25-28-13-23-21(10-22(33(23)31-25)18-6-8-20(34)9-7-18)19-12-29-32(14-19)26(3,4)24-27-11-17(2)36-24/h10-14,16,18,20,34H,6-9,15H2,1-5H3,(H,30,31)/t16-,18-,20-/m0/s1. The molecule has 1 saturated carbocycles. The van der Waals surface area contributed by atoms with Crippen LogP contribution in [0.2, 0.25) is 0 Å². The summed E-state index contributed by atoms with van der Waals surface area (Å²) in [6, 6.07) is 2.29. The van der Waals surface area contributed by atoms with E-state index in [1.807, 2.05) is 55.5 Å². The second-order valence-electron chi connectivity index (χ2n) is 10.4. The summed E-state index contributed by atoms with van der Waals surface area (Å²) in [5.74, 6) is 2.26. The van der Waals surface area contributed by atoms with E-state index in [1.54, 1.807) is 13.3 Å². The van der Waals surface area contributed by atoms with Crippen molar-refractivity contribution >= 4 is 11.5 Å². The van der Waals surface area contributed by atoms with Gasteiger partial charge in [0.05, 0.1) is 36.8 Å². The van der Waals surface area contributed by atoms with E-state index in [1.165, 1.54) is 0 Å². The van der Waals surface area contributed by atoms with E-state index < -0.39 is 5.54 Å². The minimum absolute atomic E-state index is 0.0788. The monoisotopic (exact) mass is 493 g/mol. The van der Waals surface area contributed by atoms with Crippen molar-refractivity contribution < 1.29 is 14.3 Å². The zero-order valence-electron chi connectivity index (χ0n) is 21.6. The molecule has 0 spiro atoms. The number of anilines is 1. The van der Waals surface area contributed by atoms with Gasteiger partial charge >= 0.3 is 0 Å². The molecular weight excluding hydrogens is 458 g/mol. The maximum atomic E-state index is 10.1. The zero-order chi connectivity index (χ0) is 25.4. The summed E-state index contributed by atoms with van der Waals surface area (Å²) in [7, 11) is 1.68. The lowest BCUT2D eigenvalue weighted by atomic mass is 9.85. The zero-order valence-corrected chi connectivity index (χ0v) is 21.6. The van der Waals surface area contributed by atoms with Crippen LogP contribution in [-0.2, 0) is 10.3 Å². The second kappa shape index (κ2) is 9.67. The lowest BCUT2D eigenvalue weighted by molar-refractivity contribution is 0.121. The molecule has 10 heteroatoms. The Kier molecular flexibility index (Phi) is 6.57. The lowest BCUT2D eigenvalue weighted by Crippen LogP contribution is -2.28. The van der Waals surface area contributed by atoms with E-state index in [0.29, 0.717) is 24.4 Å². The van der Waals surface area contributed by atoms with Crippen LogP contribution in [0.15, 0.2) is 35.3 Å². The Morgan fingerprint density at radius 1 is 1.19 bits per heavy atom. The van der Waals surface area contributed by atoms with Crippen LogP contribution in [0.5, 0.6) is 0 Å². The SMILES string of the molecule is COC[C@H](C)Nc1ncc2c(-c3cnn(C(C)(C)c4ncc(C)o4)c3)cc([C@H]3CC[C@H](O)CC3)n2n1. The lowest BCUT2D eigenvalue weighted by Gasteiger charge is -2.25. The van der Waals surface area contributed by atoms with Crippen molar-refractivity contribution in [1.29, 1.82) is 0 Å². The van der Waals surface area contributed by atoms with Crippen LogP contribution < -0.4 is 5.32 Å². The van der Waals surface area contributed by atoms with Crippen molar-refractivity contribution in [2.45, 2.75) is 77.0 Å². The molecule has 0 saturated heterocycles. The Hall–Kier alpha value is -3.24. The van der Waals surface area contributed by atoms with Crippen molar-refractivity contribution in [2.24, 2.45) is 0 Å². The molecule has 4 heterocycles. The van der Waals surface area contributed by atoms with Crippen LogP contribution in [0.1, 0.15) is 69.7 Å². The van der Waals surface area contributed by atoms with E-state index in [4.69, 9.17) is 14.3 Å². The Labute approximate surface area is 210 Å². The van der Waals surface area contributed by atoms with Crippen molar-refractivity contribution in [3.63, 3.8) is 0 Å². The number of ether oxygens (including phenoxy) is 1. The van der Waals surface area contributed by atoms with Gasteiger partial charge in [-0.15, -0.1) is 5.10 Å². The van der Waals surface area contributed by atoms with Gasteiger partial charge < -0.3 is 19.6 Å². The third kappa shape index (κ3) is 4.62. The molecule has 5 rings (SSSR count). The van der Waals surface area contributed by atoms with Crippen LogP contribution in [0, 0.1) is 6.92 Å². The molecule has 192 valence electrons. The number of oxazole rings is 1. The van der Waals surface area contributed by atoms with E-state index in [9.17, 15) is 5.11 Å². The maximum absolute atomic E-state index is 10.1. The number of aliphatic hydroxyl groups is 1. The van der Waals surface area contributed by atoms with Gasteiger partial charge in [-0.25, -0.2) is 14.5 Å². The van der Waals surface area contributed by atoms with E-state index in [2.05, 4.69) is 26.4 Å². The first-order chi connectivity index (χ1) is 17.3. The van der Waals surface area contributed by atoms with Gasteiger partial charge in [-0.1, -0.05) is 0 Å². The largest absolute Gasteiger partial charge is 0.443 e.